The minimum Gasteiger partial charge on any atom is -0.376 e. The molecular weight excluding hydrogens is 220 g/mol. The van der Waals surface area contributed by atoms with Crippen molar-refractivity contribution in [2.45, 2.75) is 45.3 Å². The fourth-order valence-corrected chi connectivity index (χ4v) is 2.37. The van der Waals surface area contributed by atoms with E-state index in [2.05, 4.69) is 5.32 Å². The van der Waals surface area contributed by atoms with Gasteiger partial charge in [0.25, 0.3) is 5.91 Å². The minimum atomic E-state index is -0.344. The van der Waals surface area contributed by atoms with Crippen molar-refractivity contribution in [3.63, 3.8) is 0 Å². The van der Waals surface area contributed by atoms with Crippen LogP contribution in [-0.4, -0.2) is 42.1 Å². The third kappa shape index (κ3) is 2.77. The summed E-state index contributed by atoms with van der Waals surface area (Å²) in [6, 6.07) is -0.611. The largest absolute Gasteiger partial charge is 0.376 e. The number of nitrogens with zero attached hydrogens (tertiary/aromatic N) is 1. The summed E-state index contributed by atoms with van der Waals surface area (Å²) < 4.78 is 5.45. The lowest BCUT2D eigenvalue weighted by molar-refractivity contribution is -0.128. The van der Waals surface area contributed by atoms with Crippen LogP contribution in [0, 0.1) is 5.92 Å². The molecule has 2 aliphatic rings. The molecule has 5 nitrogen and oxygen atoms in total. The molecule has 0 aliphatic carbocycles. The molecule has 3 amide bonds. The standard InChI is InChI=1S/C12H20N2O3/c1-8(2)6-10-11(15)14(12(16)13-10)7-9-4-3-5-17-9/h8-10H,3-7H2,1-2H3,(H,13,16)/t9-,10-/m0/s1. The minimum absolute atomic E-state index is 0.0301. The highest BCUT2D eigenvalue weighted by Crippen LogP contribution is 2.18. The van der Waals surface area contributed by atoms with Gasteiger partial charge in [-0.15, -0.1) is 0 Å². The van der Waals surface area contributed by atoms with Crippen molar-refractivity contribution >= 4 is 11.9 Å². The molecule has 2 heterocycles. The number of nitrogens with one attached hydrogen (secondary N) is 1. The number of carbonyl (C=O) groups excluding carboxylic acids is 2. The third-order valence-electron chi connectivity index (χ3n) is 3.22. The van der Waals surface area contributed by atoms with E-state index in [0.717, 1.165) is 19.4 Å². The first-order valence-corrected chi connectivity index (χ1v) is 6.31. The van der Waals surface area contributed by atoms with Gasteiger partial charge >= 0.3 is 6.03 Å². The molecular formula is C12H20N2O3. The van der Waals surface area contributed by atoms with Gasteiger partial charge in [0.05, 0.1) is 12.6 Å². The Morgan fingerprint density at radius 3 is 2.82 bits per heavy atom. The summed E-state index contributed by atoms with van der Waals surface area (Å²) in [7, 11) is 0. The van der Waals surface area contributed by atoms with Crippen LogP contribution in [0.15, 0.2) is 0 Å². The van der Waals surface area contributed by atoms with E-state index in [0.29, 0.717) is 18.9 Å². The fourth-order valence-electron chi connectivity index (χ4n) is 2.37. The van der Waals surface area contributed by atoms with Gasteiger partial charge in [-0.3, -0.25) is 9.69 Å². The van der Waals surface area contributed by atoms with E-state index in [1.807, 2.05) is 13.8 Å². The Morgan fingerprint density at radius 2 is 2.24 bits per heavy atom. The normalized spacial score (nSPS) is 29.2. The first kappa shape index (κ1) is 12.4. The average Bonchev–Trinajstić information content (AvgIpc) is 2.83. The second kappa shape index (κ2) is 5.04. The first-order chi connectivity index (χ1) is 8.08. The lowest BCUT2D eigenvalue weighted by Crippen LogP contribution is -2.37. The first-order valence-electron chi connectivity index (χ1n) is 6.31. The van der Waals surface area contributed by atoms with E-state index < -0.39 is 0 Å². The van der Waals surface area contributed by atoms with Crippen molar-refractivity contribution < 1.29 is 14.3 Å². The SMILES string of the molecule is CC(C)C[C@@H]1NC(=O)N(C[C@@H]2CCCO2)C1=O. The number of urea groups is 1. The zero-order valence-corrected chi connectivity index (χ0v) is 10.4. The van der Waals surface area contributed by atoms with Crippen molar-refractivity contribution in [3.05, 3.63) is 0 Å². The highest BCUT2D eigenvalue weighted by molar-refractivity contribution is 6.04. The van der Waals surface area contributed by atoms with Crippen LogP contribution >= 0.6 is 0 Å². The van der Waals surface area contributed by atoms with Gasteiger partial charge in [0.2, 0.25) is 0 Å². The Bertz CT molecular complexity index is 311. The average molecular weight is 240 g/mol. The lowest BCUT2D eigenvalue weighted by atomic mass is 10.0. The summed E-state index contributed by atoms with van der Waals surface area (Å²) in [6.45, 7) is 5.23. The highest BCUT2D eigenvalue weighted by Gasteiger charge is 2.39. The monoisotopic (exact) mass is 240 g/mol. The molecule has 0 spiro atoms. The zero-order chi connectivity index (χ0) is 12.4. The predicted octanol–water partition coefficient (Wildman–Crippen LogP) is 1.13. The topological polar surface area (TPSA) is 58.6 Å². The number of imide groups is 1. The number of hydrogen-bond acceptors (Lipinski definition) is 3. The van der Waals surface area contributed by atoms with Crippen LogP contribution in [-0.2, 0) is 9.53 Å². The molecule has 2 aliphatic heterocycles. The molecule has 0 aromatic rings. The zero-order valence-electron chi connectivity index (χ0n) is 10.4. The Labute approximate surface area is 101 Å². The predicted molar refractivity (Wildman–Crippen MR) is 62.5 cm³/mol. The Hall–Kier alpha value is -1.10. The number of carbonyl (C=O) groups is 2. The van der Waals surface area contributed by atoms with Crippen LogP contribution in [0.4, 0.5) is 4.79 Å². The molecule has 0 aromatic carbocycles. The summed E-state index contributed by atoms with van der Waals surface area (Å²) in [4.78, 5) is 25.0. The van der Waals surface area contributed by atoms with Crippen LogP contribution in [0.1, 0.15) is 33.1 Å². The van der Waals surface area contributed by atoms with E-state index in [-0.39, 0.29) is 24.1 Å². The van der Waals surface area contributed by atoms with Gasteiger partial charge in [0.15, 0.2) is 0 Å². The summed E-state index contributed by atoms with van der Waals surface area (Å²) in [5, 5.41) is 2.74. The van der Waals surface area contributed by atoms with E-state index in [1.54, 1.807) is 0 Å². The second-order valence-corrected chi connectivity index (χ2v) is 5.22. The molecule has 0 bridgehead atoms. The Kier molecular flexibility index (Phi) is 3.66. The van der Waals surface area contributed by atoms with Crippen LogP contribution < -0.4 is 5.32 Å². The summed E-state index contributed by atoms with van der Waals surface area (Å²) in [6.07, 6.45) is 2.69. The van der Waals surface area contributed by atoms with E-state index in [9.17, 15) is 9.59 Å². The van der Waals surface area contributed by atoms with Gasteiger partial charge in [0.1, 0.15) is 6.04 Å². The van der Waals surface area contributed by atoms with E-state index in [4.69, 9.17) is 4.74 Å². The third-order valence-corrected chi connectivity index (χ3v) is 3.22. The molecule has 2 saturated heterocycles. The maximum atomic E-state index is 12.0. The smallest absolute Gasteiger partial charge is 0.324 e. The van der Waals surface area contributed by atoms with E-state index in [1.165, 1.54) is 4.90 Å². The lowest BCUT2D eigenvalue weighted by Gasteiger charge is -2.17. The molecule has 0 aromatic heterocycles. The second-order valence-electron chi connectivity index (χ2n) is 5.22. The number of amides is 3. The van der Waals surface area contributed by atoms with Crippen LogP contribution in [0.2, 0.25) is 0 Å². The quantitative estimate of drug-likeness (QED) is 0.749. The molecule has 5 heteroatoms. The molecule has 2 fully saturated rings. The highest BCUT2D eigenvalue weighted by atomic mass is 16.5. The maximum absolute atomic E-state index is 12.0. The number of hydrogen-bond donors (Lipinski definition) is 1. The fraction of sp³-hybridized carbons (Fsp3) is 0.833. The van der Waals surface area contributed by atoms with Gasteiger partial charge in [-0.25, -0.2) is 4.79 Å². The van der Waals surface area contributed by atoms with E-state index >= 15 is 0 Å². The summed E-state index contributed by atoms with van der Waals surface area (Å²) in [5.74, 6) is 0.297. The van der Waals surface area contributed by atoms with Gasteiger partial charge in [0, 0.05) is 6.61 Å². The Morgan fingerprint density at radius 1 is 1.47 bits per heavy atom. The molecule has 17 heavy (non-hydrogen) atoms. The molecule has 96 valence electrons. The van der Waals surface area contributed by atoms with Crippen LogP contribution in [0.3, 0.4) is 0 Å². The van der Waals surface area contributed by atoms with Crippen molar-refractivity contribution in [3.8, 4) is 0 Å². The van der Waals surface area contributed by atoms with Crippen molar-refractivity contribution in [2.24, 2.45) is 5.92 Å². The summed E-state index contributed by atoms with van der Waals surface area (Å²) in [5.41, 5.74) is 0. The summed E-state index contributed by atoms with van der Waals surface area (Å²) >= 11 is 0. The number of rotatable bonds is 4. The van der Waals surface area contributed by atoms with Gasteiger partial charge < -0.3 is 10.1 Å². The number of ether oxygens (including phenoxy) is 1. The van der Waals surface area contributed by atoms with Crippen molar-refractivity contribution in [1.82, 2.24) is 10.2 Å². The molecule has 0 radical (unpaired) electrons. The molecule has 0 saturated carbocycles. The molecule has 0 unspecified atom stereocenters. The van der Waals surface area contributed by atoms with Gasteiger partial charge in [-0.1, -0.05) is 13.8 Å². The van der Waals surface area contributed by atoms with Crippen molar-refractivity contribution in [2.75, 3.05) is 13.2 Å². The molecule has 2 rings (SSSR count). The van der Waals surface area contributed by atoms with Gasteiger partial charge in [-0.2, -0.15) is 0 Å². The van der Waals surface area contributed by atoms with Crippen molar-refractivity contribution in [1.29, 1.82) is 0 Å². The van der Waals surface area contributed by atoms with Gasteiger partial charge in [-0.05, 0) is 25.2 Å². The van der Waals surface area contributed by atoms with Crippen LogP contribution in [0.5, 0.6) is 0 Å². The molecule has 1 N–H and O–H groups in total. The molecule has 2 atom stereocenters. The Balaban J connectivity index is 1.93. The maximum Gasteiger partial charge on any atom is 0.324 e. The van der Waals surface area contributed by atoms with Crippen LogP contribution in [0.25, 0.3) is 0 Å².